The second-order valence-corrected chi connectivity index (χ2v) is 4.25. The summed E-state index contributed by atoms with van der Waals surface area (Å²) in [6.07, 6.45) is 4.03. The molecule has 2 nitrogen and oxygen atoms in total. The molecule has 1 rings (SSSR count). The van der Waals surface area contributed by atoms with Gasteiger partial charge in [-0.1, -0.05) is 19.9 Å². The van der Waals surface area contributed by atoms with E-state index in [2.05, 4.69) is 31.0 Å². The van der Waals surface area contributed by atoms with Crippen LogP contribution in [0.15, 0.2) is 18.3 Å². The minimum Gasteiger partial charge on any atom is -0.327 e. The van der Waals surface area contributed by atoms with Crippen molar-refractivity contribution < 1.29 is 0 Å². The van der Waals surface area contributed by atoms with Gasteiger partial charge in [0.05, 0.1) is 0 Å². The zero-order valence-corrected chi connectivity index (χ0v) is 9.33. The Morgan fingerprint density at radius 3 is 2.57 bits per heavy atom. The average molecular weight is 192 g/mol. The molecule has 2 heteroatoms. The zero-order chi connectivity index (χ0) is 10.6. The highest BCUT2D eigenvalue weighted by Gasteiger charge is 2.07. The first-order valence-electron chi connectivity index (χ1n) is 5.26. The van der Waals surface area contributed by atoms with Gasteiger partial charge in [0.25, 0.3) is 0 Å². The summed E-state index contributed by atoms with van der Waals surface area (Å²) in [4.78, 5) is 4.26. The standard InChI is InChI=1S/C12H20N2/c1-9(2)12(13)7-6-11-5-4-10(3)14-8-11/h4-5,8-9,12H,6-7,13H2,1-3H3. The molecular weight excluding hydrogens is 172 g/mol. The molecule has 1 atom stereocenters. The number of aryl methyl sites for hydroxylation is 2. The molecule has 14 heavy (non-hydrogen) atoms. The largest absolute Gasteiger partial charge is 0.327 e. The van der Waals surface area contributed by atoms with Crippen molar-refractivity contribution in [1.29, 1.82) is 0 Å². The Morgan fingerprint density at radius 2 is 2.07 bits per heavy atom. The molecule has 0 aliphatic carbocycles. The molecule has 1 aromatic rings. The van der Waals surface area contributed by atoms with Crippen molar-refractivity contribution in [3.63, 3.8) is 0 Å². The number of pyridine rings is 1. The van der Waals surface area contributed by atoms with E-state index < -0.39 is 0 Å². The number of hydrogen-bond acceptors (Lipinski definition) is 2. The van der Waals surface area contributed by atoms with E-state index in [9.17, 15) is 0 Å². The van der Waals surface area contributed by atoms with Crippen LogP contribution in [0.4, 0.5) is 0 Å². The third-order valence-corrected chi connectivity index (χ3v) is 2.60. The van der Waals surface area contributed by atoms with E-state index in [0.29, 0.717) is 12.0 Å². The Bertz CT molecular complexity index is 264. The van der Waals surface area contributed by atoms with Gasteiger partial charge < -0.3 is 5.73 Å². The maximum Gasteiger partial charge on any atom is 0.0372 e. The van der Waals surface area contributed by atoms with E-state index in [-0.39, 0.29) is 0 Å². The first-order valence-corrected chi connectivity index (χ1v) is 5.26. The predicted octanol–water partition coefficient (Wildman–Crippen LogP) is 2.31. The minimum absolute atomic E-state index is 0.302. The van der Waals surface area contributed by atoms with Crippen molar-refractivity contribution in [2.45, 2.75) is 39.7 Å². The lowest BCUT2D eigenvalue weighted by atomic mass is 9.98. The zero-order valence-electron chi connectivity index (χ0n) is 9.33. The number of hydrogen-bond donors (Lipinski definition) is 1. The second kappa shape index (κ2) is 5.11. The molecule has 0 bridgehead atoms. The van der Waals surface area contributed by atoms with Gasteiger partial charge in [-0.3, -0.25) is 4.98 Å². The van der Waals surface area contributed by atoms with E-state index >= 15 is 0 Å². The lowest BCUT2D eigenvalue weighted by molar-refractivity contribution is 0.464. The summed E-state index contributed by atoms with van der Waals surface area (Å²) >= 11 is 0. The molecule has 0 aromatic carbocycles. The summed E-state index contributed by atoms with van der Waals surface area (Å²) in [6.45, 7) is 6.33. The Balaban J connectivity index is 2.42. The minimum atomic E-state index is 0.302. The molecule has 0 fully saturated rings. The predicted molar refractivity (Wildman–Crippen MR) is 60.1 cm³/mol. The Morgan fingerprint density at radius 1 is 1.36 bits per heavy atom. The molecule has 0 aliphatic heterocycles. The molecule has 0 radical (unpaired) electrons. The van der Waals surface area contributed by atoms with Crippen molar-refractivity contribution in [3.8, 4) is 0 Å². The van der Waals surface area contributed by atoms with Crippen LogP contribution in [0.5, 0.6) is 0 Å². The lowest BCUT2D eigenvalue weighted by Gasteiger charge is -2.14. The van der Waals surface area contributed by atoms with Gasteiger partial charge in [-0.15, -0.1) is 0 Å². The molecule has 1 heterocycles. The highest BCUT2D eigenvalue weighted by molar-refractivity contribution is 5.13. The van der Waals surface area contributed by atoms with Crippen LogP contribution in [0.2, 0.25) is 0 Å². The third-order valence-electron chi connectivity index (χ3n) is 2.60. The molecule has 0 saturated carbocycles. The highest BCUT2D eigenvalue weighted by Crippen LogP contribution is 2.08. The molecule has 0 spiro atoms. The monoisotopic (exact) mass is 192 g/mol. The van der Waals surface area contributed by atoms with Gasteiger partial charge in [-0.25, -0.2) is 0 Å². The number of aromatic nitrogens is 1. The van der Waals surface area contributed by atoms with E-state index in [1.54, 1.807) is 0 Å². The van der Waals surface area contributed by atoms with Crippen LogP contribution >= 0.6 is 0 Å². The van der Waals surface area contributed by atoms with Gasteiger partial charge in [0.15, 0.2) is 0 Å². The number of rotatable bonds is 4. The number of nitrogens with two attached hydrogens (primary N) is 1. The molecule has 1 aromatic heterocycles. The molecule has 0 aliphatic rings. The average Bonchev–Trinajstić information content (AvgIpc) is 2.16. The molecule has 78 valence electrons. The SMILES string of the molecule is Cc1ccc(CCC(N)C(C)C)cn1. The van der Waals surface area contributed by atoms with Crippen molar-refractivity contribution in [2.24, 2.45) is 11.7 Å². The summed E-state index contributed by atoms with van der Waals surface area (Å²) < 4.78 is 0. The molecular formula is C12H20N2. The first kappa shape index (κ1) is 11.2. The van der Waals surface area contributed by atoms with Gasteiger partial charge >= 0.3 is 0 Å². The fourth-order valence-corrected chi connectivity index (χ4v) is 1.31. The summed E-state index contributed by atoms with van der Waals surface area (Å²) in [6, 6.07) is 4.49. The second-order valence-electron chi connectivity index (χ2n) is 4.25. The van der Waals surface area contributed by atoms with Gasteiger partial charge in [0.1, 0.15) is 0 Å². The molecule has 2 N–H and O–H groups in total. The fraction of sp³-hybridized carbons (Fsp3) is 0.583. The topological polar surface area (TPSA) is 38.9 Å². The van der Waals surface area contributed by atoms with Crippen LogP contribution in [0, 0.1) is 12.8 Å². The van der Waals surface area contributed by atoms with Crippen LogP contribution in [-0.2, 0) is 6.42 Å². The molecule has 0 amide bonds. The smallest absolute Gasteiger partial charge is 0.0372 e. The summed E-state index contributed by atoms with van der Waals surface area (Å²) in [7, 11) is 0. The van der Waals surface area contributed by atoms with Gasteiger partial charge in [-0.05, 0) is 37.3 Å². The number of nitrogens with zero attached hydrogens (tertiary/aromatic N) is 1. The van der Waals surface area contributed by atoms with Crippen LogP contribution in [0.3, 0.4) is 0 Å². The lowest BCUT2D eigenvalue weighted by Crippen LogP contribution is -2.26. The van der Waals surface area contributed by atoms with Crippen LogP contribution in [0.1, 0.15) is 31.5 Å². The Labute approximate surface area is 86.5 Å². The van der Waals surface area contributed by atoms with Crippen LogP contribution in [-0.4, -0.2) is 11.0 Å². The first-order chi connectivity index (χ1) is 6.59. The van der Waals surface area contributed by atoms with Crippen molar-refractivity contribution in [2.75, 3.05) is 0 Å². The van der Waals surface area contributed by atoms with Gasteiger partial charge in [-0.2, -0.15) is 0 Å². The normalized spacial score (nSPS) is 13.2. The maximum atomic E-state index is 5.97. The van der Waals surface area contributed by atoms with Crippen LogP contribution in [0.25, 0.3) is 0 Å². The van der Waals surface area contributed by atoms with E-state index in [1.165, 1.54) is 5.56 Å². The summed E-state index contributed by atoms with van der Waals surface area (Å²) in [5.74, 6) is 0.563. The maximum absolute atomic E-state index is 5.97. The summed E-state index contributed by atoms with van der Waals surface area (Å²) in [5, 5.41) is 0. The van der Waals surface area contributed by atoms with Crippen molar-refractivity contribution in [3.05, 3.63) is 29.6 Å². The molecule has 0 saturated heterocycles. The molecule has 1 unspecified atom stereocenters. The van der Waals surface area contributed by atoms with Crippen molar-refractivity contribution >= 4 is 0 Å². The van der Waals surface area contributed by atoms with Crippen LogP contribution < -0.4 is 5.73 Å². The quantitative estimate of drug-likeness (QED) is 0.795. The summed E-state index contributed by atoms with van der Waals surface area (Å²) in [5.41, 5.74) is 8.33. The van der Waals surface area contributed by atoms with E-state index in [0.717, 1.165) is 18.5 Å². The van der Waals surface area contributed by atoms with E-state index in [1.807, 2.05) is 13.1 Å². The fourth-order valence-electron chi connectivity index (χ4n) is 1.31. The third kappa shape index (κ3) is 3.46. The van der Waals surface area contributed by atoms with Gasteiger partial charge in [0, 0.05) is 17.9 Å². The Kier molecular flexibility index (Phi) is 4.08. The van der Waals surface area contributed by atoms with Crippen molar-refractivity contribution in [1.82, 2.24) is 4.98 Å². The highest BCUT2D eigenvalue weighted by atomic mass is 14.7. The van der Waals surface area contributed by atoms with Gasteiger partial charge in [0.2, 0.25) is 0 Å². The van der Waals surface area contributed by atoms with E-state index in [4.69, 9.17) is 5.73 Å². The Hall–Kier alpha value is -0.890.